The zero-order valence-corrected chi connectivity index (χ0v) is 15.1. The number of carbonyl (C=O) groups is 3. The van der Waals surface area contributed by atoms with E-state index < -0.39 is 12.6 Å². The highest BCUT2D eigenvalue weighted by Gasteiger charge is 2.27. The van der Waals surface area contributed by atoms with Crippen LogP contribution in [0.5, 0.6) is 5.75 Å². The van der Waals surface area contributed by atoms with Gasteiger partial charge >= 0.3 is 5.97 Å². The average Bonchev–Trinajstić information content (AvgIpc) is 2.66. The maximum atomic E-state index is 12.6. The minimum Gasteiger partial charge on any atom is -0.482 e. The number of piperidine rings is 1. The lowest BCUT2D eigenvalue weighted by atomic mass is 9.95. The van der Waals surface area contributed by atoms with Gasteiger partial charge < -0.3 is 20.1 Å². The fraction of sp³-hybridized carbons (Fsp3) is 0.526. The Morgan fingerprint density at radius 2 is 2.00 bits per heavy atom. The van der Waals surface area contributed by atoms with Crippen LogP contribution in [0.15, 0.2) is 24.3 Å². The number of hydrogen-bond donors (Lipinski definition) is 2. The van der Waals surface area contributed by atoms with Crippen LogP contribution in [0.3, 0.4) is 0 Å². The molecule has 0 radical (unpaired) electrons. The summed E-state index contributed by atoms with van der Waals surface area (Å²) in [6, 6.07) is 6.51. The number of nitrogens with zero attached hydrogens (tertiary/aromatic N) is 1. The molecule has 2 rings (SSSR count). The maximum Gasteiger partial charge on any atom is 0.341 e. The van der Waals surface area contributed by atoms with Gasteiger partial charge in [0.15, 0.2) is 6.61 Å². The third kappa shape index (κ3) is 5.75. The van der Waals surface area contributed by atoms with Gasteiger partial charge in [0.1, 0.15) is 5.75 Å². The molecule has 0 spiro atoms. The summed E-state index contributed by atoms with van der Waals surface area (Å²) in [7, 11) is 0. The summed E-state index contributed by atoms with van der Waals surface area (Å²) in [6.45, 7) is 3.40. The molecule has 1 saturated heterocycles. The van der Waals surface area contributed by atoms with Crippen LogP contribution in [0.2, 0.25) is 0 Å². The van der Waals surface area contributed by atoms with Gasteiger partial charge in [0.25, 0.3) is 5.91 Å². The minimum absolute atomic E-state index is 0.0406. The number of ether oxygens (including phenoxy) is 1. The van der Waals surface area contributed by atoms with Gasteiger partial charge in [-0.25, -0.2) is 4.79 Å². The predicted molar refractivity (Wildman–Crippen MR) is 96.1 cm³/mol. The first kappa shape index (κ1) is 19.8. The second-order valence-corrected chi connectivity index (χ2v) is 6.42. The molecule has 1 aliphatic rings. The van der Waals surface area contributed by atoms with Gasteiger partial charge in [0.2, 0.25) is 5.91 Å². The van der Waals surface area contributed by atoms with Crippen molar-refractivity contribution in [3.8, 4) is 5.75 Å². The first-order valence-corrected chi connectivity index (χ1v) is 9.03. The van der Waals surface area contributed by atoms with Gasteiger partial charge in [-0.15, -0.1) is 0 Å². The smallest absolute Gasteiger partial charge is 0.341 e. The molecule has 7 heteroatoms. The standard InChI is InChI=1S/C19H26N2O5/c1-2-3-9-20-18(24)14-7-10-21(11-8-14)19(25)15-5-4-6-16(12-15)26-13-17(22)23/h4-6,12,14H,2-3,7-11,13H2,1H3,(H,20,24)(H,22,23). The van der Waals surface area contributed by atoms with Crippen molar-refractivity contribution in [1.82, 2.24) is 10.2 Å². The van der Waals surface area contributed by atoms with Crippen molar-refractivity contribution >= 4 is 17.8 Å². The minimum atomic E-state index is -1.07. The SMILES string of the molecule is CCCCNC(=O)C1CCN(C(=O)c2cccc(OCC(=O)O)c2)CC1. The average molecular weight is 362 g/mol. The topological polar surface area (TPSA) is 95.9 Å². The molecule has 0 aromatic heterocycles. The van der Waals surface area contributed by atoms with E-state index in [1.165, 1.54) is 0 Å². The number of carbonyl (C=O) groups excluding carboxylic acids is 2. The van der Waals surface area contributed by atoms with Crippen LogP contribution in [0.25, 0.3) is 0 Å². The van der Waals surface area contributed by atoms with Crippen LogP contribution in [-0.2, 0) is 9.59 Å². The summed E-state index contributed by atoms with van der Waals surface area (Å²) < 4.78 is 5.12. The normalized spacial score (nSPS) is 14.7. The van der Waals surface area contributed by atoms with Gasteiger partial charge in [-0.2, -0.15) is 0 Å². The summed E-state index contributed by atoms with van der Waals surface area (Å²) in [6.07, 6.45) is 3.32. The predicted octanol–water partition coefficient (Wildman–Crippen LogP) is 1.92. The molecule has 0 saturated carbocycles. The van der Waals surface area contributed by atoms with E-state index >= 15 is 0 Å². The number of aliphatic carboxylic acids is 1. The summed E-state index contributed by atoms with van der Waals surface area (Å²) >= 11 is 0. The fourth-order valence-electron chi connectivity index (χ4n) is 2.92. The summed E-state index contributed by atoms with van der Waals surface area (Å²) in [5.41, 5.74) is 0.457. The molecular formula is C19H26N2O5. The first-order valence-electron chi connectivity index (χ1n) is 9.03. The zero-order valence-electron chi connectivity index (χ0n) is 15.1. The quantitative estimate of drug-likeness (QED) is 0.689. The van der Waals surface area contributed by atoms with Crippen molar-refractivity contribution in [2.75, 3.05) is 26.2 Å². The van der Waals surface area contributed by atoms with Crippen LogP contribution in [-0.4, -0.2) is 54.0 Å². The van der Waals surface area contributed by atoms with E-state index in [2.05, 4.69) is 12.2 Å². The van der Waals surface area contributed by atoms with Crippen molar-refractivity contribution in [3.05, 3.63) is 29.8 Å². The Morgan fingerprint density at radius 1 is 1.27 bits per heavy atom. The maximum absolute atomic E-state index is 12.6. The Balaban J connectivity index is 1.87. The highest BCUT2D eigenvalue weighted by molar-refractivity contribution is 5.94. The van der Waals surface area contributed by atoms with E-state index in [1.807, 2.05) is 0 Å². The molecule has 1 fully saturated rings. The largest absolute Gasteiger partial charge is 0.482 e. The molecule has 0 atom stereocenters. The van der Waals surface area contributed by atoms with E-state index in [0.717, 1.165) is 12.8 Å². The lowest BCUT2D eigenvalue weighted by molar-refractivity contribution is -0.139. The fourth-order valence-corrected chi connectivity index (χ4v) is 2.92. The van der Waals surface area contributed by atoms with E-state index in [4.69, 9.17) is 9.84 Å². The molecule has 1 aromatic carbocycles. The Morgan fingerprint density at radius 3 is 2.65 bits per heavy atom. The molecule has 2 amide bonds. The summed E-state index contributed by atoms with van der Waals surface area (Å²) in [4.78, 5) is 37.0. The molecule has 1 aromatic rings. The number of likely N-dealkylation sites (tertiary alicyclic amines) is 1. The van der Waals surface area contributed by atoms with Crippen molar-refractivity contribution in [3.63, 3.8) is 0 Å². The lowest BCUT2D eigenvalue weighted by Gasteiger charge is -2.31. The van der Waals surface area contributed by atoms with E-state index in [-0.39, 0.29) is 17.7 Å². The van der Waals surface area contributed by atoms with Gasteiger partial charge in [0, 0.05) is 31.1 Å². The lowest BCUT2D eigenvalue weighted by Crippen LogP contribution is -2.43. The Bertz CT molecular complexity index is 639. The van der Waals surface area contributed by atoms with Crippen molar-refractivity contribution in [2.45, 2.75) is 32.6 Å². The molecule has 7 nitrogen and oxygen atoms in total. The van der Waals surface area contributed by atoms with Crippen molar-refractivity contribution < 1.29 is 24.2 Å². The number of amides is 2. The van der Waals surface area contributed by atoms with Gasteiger partial charge in [-0.1, -0.05) is 19.4 Å². The molecule has 0 bridgehead atoms. The van der Waals surface area contributed by atoms with Crippen LogP contribution >= 0.6 is 0 Å². The molecule has 1 heterocycles. The molecule has 142 valence electrons. The number of rotatable bonds is 8. The van der Waals surface area contributed by atoms with Crippen LogP contribution in [0.4, 0.5) is 0 Å². The van der Waals surface area contributed by atoms with Gasteiger partial charge in [-0.3, -0.25) is 9.59 Å². The third-order valence-corrected chi connectivity index (χ3v) is 4.43. The third-order valence-electron chi connectivity index (χ3n) is 4.43. The molecule has 1 aliphatic heterocycles. The molecule has 26 heavy (non-hydrogen) atoms. The molecule has 2 N–H and O–H groups in total. The number of hydrogen-bond acceptors (Lipinski definition) is 4. The molecule has 0 aliphatic carbocycles. The van der Waals surface area contributed by atoms with Crippen molar-refractivity contribution in [2.24, 2.45) is 5.92 Å². The highest BCUT2D eigenvalue weighted by Crippen LogP contribution is 2.21. The summed E-state index contributed by atoms with van der Waals surface area (Å²) in [5, 5.41) is 11.6. The molecular weight excluding hydrogens is 336 g/mol. The zero-order chi connectivity index (χ0) is 18.9. The van der Waals surface area contributed by atoms with Gasteiger partial charge in [-0.05, 0) is 37.5 Å². The van der Waals surface area contributed by atoms with E-state index in [0.29, 0.717) is 43.8 Å². The first-order chi connectivity index (χ1) is 12.5. The summed E-state index contributed by atoms with van der Waals surface area (Å²) in [5.74, 6) is -0.809. The Kier molecular flexibility index (Phi) is 7.44. The Hall–Kier alpha value is -2.57. The highest BCUT2D eigenvalue weighted by atomic mass is 16.5. The monoisotopic (exact) mass is 362 g/mol. The van der Waals surface area contributed by atoms with E-state index in [1.54, 1.807) is 29.2 Å². The number of benzene rings is 1. The van der Waals surface area contributed by atoms with Crippen molar-refractivity contribution in [1.29, 1.82) is 0 Å². The second kappa shape index (κ2) is 9.79. The molecule has 0 unspecified atom stereocenters. The Labute approximate surface area is 153 Å². The number of nitrogens with one attached hydrogen (secondary N) is 1. The number of carboxylic acid groups (broad SMARTS) is 1. The van der Waals surface area contributed by atoms with Crippen LogP contribution in [0, 0.1) is 5.92 Å². The van der Waals surface area contributed by atoms with Crippen LogP contribution in [0.1, 0.15) is 43.0 Å². The van der Waals surface area contributed by atoms with Crippen LogP contribution < -0.4 is 10.1 Å². The van der Waals surface area contributed by atoms with Gasteiger partial charge in [0.05, 0.1) is 0 Å². The number of unbranched alkanes of at least 4 members (excludes halogenated alkanes) is 1. The number of carboxylic acids is 1. The second-order valence-electron chi connectivity index (χ2n) is 6.42. The van der Waals surface area contributed by atoms with E-state index in [9.17, 15) is 14.4 Å².